The van der Waals surface area contributed by atoms with Crippen LogP contribution in [0.1, 0.15) is 48.9 Å². The highest BCUT2D eigenvalue weighted by Crippen LogP contribution is 2.22. The Hall–Kier alpha value is -1.84. The number of benzene rings is 1. The van der Waals surface area contributed by atoms with E-state index in [0.29, 0.717) is 31.5 Å². The number of hydrogen-bond acceptors (Lipinski definition) is 4. The second-order valence-corrected chi connectivity index (χ2v) is 4.87. The van der Waals surface area contributed by atoms with Crippen molar-refractivity contribution in [1.82, 2.24) is 0 Å². The molecular weight excluding hydrogens is 244 g/mol. The van der Waals surface area contributed by atoms with Crippen molar-refractivity contribution in [3.8, 4) is 5.75 Å². The fourth-order valence-corrected chi connectivity index (χ4v) is 2.30. The Labute approximate surface area is 112 Å². The standard InChI is InChI=1S/C15H18O4/c16-11-5-3-7-12(8-4-6-11)19-15(18)13-9-1-2-10-14(13)17/h1-2,9-10,12,17H,3-8H2. The summed E-state index contributed by atoms with van der Waals surface area (Å²) < 4.78 is 5.42. The van der Waals surface area contributed by atoms with Gasteiger partial charge in [-0.25, -0.2) is 4.79 Å². The maximum absolute atomic E-state index is 11.9. The van der Waals surface area contributed by atoms with E-state index in [9.17, 15) is 14.7 Å². The van der Waals surface area contributed by atoms with E-state index < -0.39 is 5.97 Å². The van der Waals surface area contributed by atoms with Gasteiger partial charge in [-0.15, -0.1) is 0 Å². The first-order valence-electron chi connectivity index (χ1n) is 6.67. The summed E-state index contributed by atoms with van der Waals surface area (Å²) in [5.41, 5.74) is 0.195. The van der Waals surface area contributed by atoms with Crippen LogP contribution in [-0.4, -0.2) is 23.0 Å². The number of para-hydroxylation sites is 1. The van der Waals surface area contributed by atoms with Gasteiger partial charge in [-0.05, 0) is 37.8 Å². The Kier molecular flexibility index (Phi) is 4.55. The first kappa shape index (κ1) is 13.6. The minimum atomic E-state index is -0.491. The number of rotatable bonds is 2. The van der Waals surface area contributed by atoms with Crippen LogP contribution < -0.4 is 0 Å². The molecule has 0 radical (unpaired) electrons. The molecule has 0 saturated heterocycles. The number of hydrogen-bond donors (Lipinski definition) is 1. The van der Waals surface area contributed by atoms with E-state index in [2.05, 4.69) is 0 Å². The van der Waals surface area contributed by atoms with Gasteiger partial charge in [0.25, 0.3) is 0 Å². The summed E-state index contributed by atoms with van der Waals surface area (Å²) in [6, 6.07) is 6.36. The monoisotopic (exact) mass is 262 g/mol. The SMILES string of the molecule is O=C1CCCC(OC(=O)c2ccccc2O)CCC1. The highest BCUT2D eigenvalue weighted by Gasteiger charge is 2.20. The van der Waals surface area contributed by atoms with Crippen molar-refractivity contribution >= 4 is 11.8 Å². The van der Waals surface area contributed by atoms with Crippen molar-refractivity contribution in [3.05, 3.63) is 29.8 Å². The molecule has 0 amide bonds. The van der Waals surface area contributed by atoms with Gasteiger partial charge in [0.2, 0.25) is 0 Å². The molecule has 1 aliphatic rings. The van der Waals surface area contributed by atoms with Crippen molar-refractivity contribution in [2.24, 2.45) is 0 Å². The average Bonchev–Trinajstić information content (AvgIpc) is 2.36. The average molecular weight is 262 g/mol. The van der Waals surface area contributed by atoms with Crippen molar-refractivity contribution < 1.29 is 19.4 Å². The van der Waals surface area contributed by atoms with Gasteiger partial charge in [-0.1, -0.05) is 12.1 Å². The van der Waals surface area contributed by atoms with Gasteiger partial charge in [0.1, 0.15) is 23.2 Å². The zero-order chi connectivity index (χ0) is 13.7. The second kappa shape index (κ2) is 6.36. The molecule has 0 unspecified atom stereocenters. The van der Waals surface area contributed by atoms with E-state index in [1.807, 2.05) is 0 Å². The van der Waals surface area contributed by atoms with Crippen LogP contribution in [0.2, 0.25) is 0 Å². The van der Waals surface area contributed by atoms with Crippen LogP contribution in [0.25, 0.3) is 0 Å². The summed E-state index contributed by atoms with van der Waals surface area (Å²) in [5.74, 6) is -0.256. The normalized spacial score (nSPS) is 17.6. The van der Waals surface area contributed by atoms with Gasteiger partial charge in [0, 0.05) is 12.8 Å². The van der Waals surface area contributed by atoms with E-state index in [4.69, 9.17) is 4.74 Å². The second-order valence-electron chi connectivity index (χ2n) is 4.87. The number of ketones is 1. The zero-order valence-electron chi connectivity index (χ0n) is 10.8. The molecule has 19 heavy (non-hydrogen) atoms. The number of carbonyl (C=O) groups excluding carboxylic acids is 2. The van der Waals surface area contributed by atoms with Crippen LogP contribution >= 0.6 is 0 Å². The van der Waals surface area contributed by atoms with E-state index in [1.54, 1.807) is 18.2 Å². The van der Waals surface area contributed by atoms with Crippen LogP contribution in [0, 0.1) is 0 Å². The molecule has 1 fully saturated rings. The zero-order valence-corrected chi connectivity index (χ0v) is 10.8. The Morgan fingerprint density at radius 3 is 2.42 bits per heavy atom. The number of phenolic OH excluding ortho intramolecular Hbond substituents is 1. The largest absolute Gasteiger partial charge is 0.507 e. The van der Waals surface area contributed by atoms with E-state index in [0.717, 1.165) is 12.8 Å². The lowest BCUT2D eigenvalue weighted by Crippen LogP contribution is -2.21. The molecule has 0 heterocycles. The smallest absolute Gasteiger partial charge is 0.342 e. The topological polar surface area (TPSA) is 63.6 Å². The molecule has 1 N–H and O–H groups in total. The lowest BCUT2D eigenvalue weighted by molar-refractivity contribution is -0.119. The fraction of sp³-hybridized carbons (Fsp3) is 0.467. The third kappa shape index (κ3) is 3.81. The molecule has 0 aromatic heterocycles. The molecule has 2 rings (SSSR count). The third-order valence-corrected chi connectivity index (χ3v) is 3.36. The summed E-state index contributed by atoms with van der Waals surface area (Å²) in [6.45, 7) is 0. The summed E-state index contributed by atoms with van der Waals surface area (Å²) in [7, 11) is 0. The van der Waals surface area contributed by atoms with E-state index in [1.165, 1.54) is 6.07 Å². The lowest BCUT2D eigenvalue weighted by atomic mass is 9.97. The predicted octanol–water partition coefficient (Wildman–Crippen LogP) is 2.84. The van der Waals surface area contributed by atoms with Gasteiger partial charge in [0.05, 0.1) is 0 Å². The van der Waals surface area contributed by atoms with E-state index >= 15 is 0 Å². The lowest BCUT2D eigenvalue weighted by Gasteiger charge is -2.20. The summed E-state index contributed by atoms with van der Waals surface area (Å²) in [4.78, 5) is 23.2. The van der Waals surface area contributed by atoms with Crippen LogP contribution in [0.3, 0.4) is 0 Å². The Morgan fingerprint density at radius 1 is 1.16 bits per heavy atom. The third-order valence-electron chi connectivity index (χ3n) is 3.36. The first-order valence-corrected chi connectivity index (χ1v) is 6.67. The molecule has 0 atom stereocenters. The van der Waals surface area contributed by atoms with Crippen molar-refractivity contribution in [2.75, 3.05) is 0 Å². The Bertz CT molecular complexity index is 455. The number of carbonyl (C=O) groups is 2. The van der Waals surface area contributed by atoms with Gasteiger partial charge >= 0.3 is 5.97 Å². The van der Waals surface area contributed by atoms with Crippen LogP contribution in [-0.2, 0) is 9.53 Å². The summed E-state index contributed by atoms with van der Waals surface area (Å²) in [5, 5.41) is 9.60. The molecule has 1 aliphatic carbocycles. The Morgan fingerprint density at radius 2 is 1.79 bits per heavy atom. The molecule has 0 bridgehead atoms. The molecule has 4 heteroatoms. The van der Waals surface area contributed by atoms with E-state index in [-0.39, 0.29) is 17.4 Å². The van der Waals surface area contributed by atoms with Gasteiger partial charge in [0.15, 0.2) is 0 Å². The number of ether oxygens (including phenoxy) is 1. The molecule has 0 spiro atoms. The maximum Gasteiger partial charge on any atom is 0.342 e. The molecule has 0 aliphatic heterocycles. The number of Topliss-reactive ketones (excluding diaryl/α,β-unsaturated/α-hetero) is 1. The quantitative estimate of drug-likeness (QED) is 0.832. The van der Waals surface area contributed by atoms with Crippen molar-refractivity contribution in [1.29, 1.82) is 0 Å². The van der Waals surface area contributed by atoms with Gasteiger partial charge < -0.3 is 9.84 Å². The fourth-order valence-electron chi connectivity index (χ4n) is 2.30. The van der Waals surface area contributed by atoms with Crippen molar-refractivity contribution in [2.45, 2.75) is 44.6 Å². The van der Waals surface area contributed by atoms with Gasteiger partial charge in [-0.2, -0.15) is 0 Å². The minimum Gasteiger partial charge on any atom is -0.507 e. The molecule has 102 valence electrons. The first-order chi connectivity index (χ1) is 9.16. The van der Waals surface area contributed by atoms with Crippen molar-refractivity contribution in [3.63, 3.8) is 0 Å². The maximum atomic E-state index is 11.9. The predicted molar refractivity (Wildman–Crippen MR) is 70.0 cm³/mol. The highest BCUT2D eigenvalue weighted by atomic mass is 16.5. The molecule has 1 aromatic rings. The van der Waals surface area contributed by atoms with Crippen LogP contribution in [0.4, 0.5) is 0 Å². The Balaban J connectivity index is 1.95. The summed E-state index contributed by atoms with van der Waals surface area (Å²) >= 11 is 0. The molecule has 1 aromatic carbocycles. The highest BCUT2D eigenvalue weighted by molar-refractivity contribution is 5.92. The van der Waals surface area contributed by atoms with Crippen LogP contribution in [0.5, 0.6) is 5.75 Å². The molecule has 4 nitrogen and oxygen atoms in total. The molecule has 1 saturated carbocycles. The molecular formula is C15H18O4. The number of aromatic hydroxyl groups is 1. The van der Waals surface area contributed by atoms with Gasteiger partial charge in [-0.3, -0.25) is 4.79 Å². The minimum absolute atomic E-state index is 0.0616. The number of phenols is 1. The summed E-state index contributed by atoms with van der Waals surface area (Å²) in [6.07, 6.45) is 3.95. The number of esters is 1. The van der Waals surface area contributed by atoms with Crippen LogP contribution in [0.15, 0.2) is 24.3 Å².